The van der Waals surface area contributed by atoms with E-state index in [0.717, 1.165) is 23.4 Å². The van der Waals surface area contributed by atoms with Crippen molar-refractivity contribution in [2.75, 3.05) is 20.2 Å². The summed E-state index contributed by atoms with van der Waals surface area (Å²) in [5.41, 5.74) is 2.73. The predicted octanol–water partition coefficient (Wildman–Crippen LogP) is 3.20. The van der Waals surface area contributed by atoms with Crippen LogP contribution in [0.3, 0.4) is 0 Å². The molecule has 0 aliphatic carbocycles. The zero-order valence-corrected chi connectivity index (χ0v) is 17.7. The van der Waals surface area contributed by atoms with Crippen molar-refractivity contribution in [2.24, 2.45) is 5.92 Å². The molecule has 1 amide bonds. The number of amides is 1. The summed E-state index contributed by atoms with van der Waals surface area (Å²) in [5, 5.41) is 0. The van der Waals surface area contributed by atoms with Crippen molar-refractivity contribution in [3.63, 3.8) is 0 Å². The molecule has 160 valence electrons. The third kappa shape index (κ3) is 3.44. The Kier molecular flexibility index (Phi) is 4.88. The Labute approximate surface area is 180 Å². The fourth-order valence-corrected chi connectivity index (χ4v) is 5.16. The van der Waals surface area contributed by atoms with Gasteiger partial charge in [-0.05, 0) is 49.4 Å². The summed E-state index contributed by atoms with van der Waals surface area (Å²) in [7, 11) is 1.65. The zero-order valence-electron chi connectivity index (χ0n) is 17.7. The van der Waals surface area contributed by atoms with E-state index in [-0.39, 0.29) is 29.3 Å². The molecule has 3 atom stereocenters. The fraction of sp³-hybridized carbons (Fsp3) is 0.375. The third-order valence-corrected chi connectivity index (χ3v) is 6.60. The number of carbonyl (C=O) groups is 1. The first-order valence-corrected chi connectivity index (χ1v) is 10.6. The molecular weight excluding hydrogens is 394 g/mol. The first-order chi connectivity index (χ1) is 15.0. The maximum Gasteiger partial charge on any atom is 0.291 e. The SMILES string of the molecule is COc1cccc(C[C@H]2[C@H]3C[C@H](CN(C(=O)c4ocnc4C)C3)c3cccc(=O)n32)c1. The van der Waals surface area contributed by atoms with Gasteiger partial charge in [0.05, 0.1) is 12.8 Å². The lowest BCUT2D eigenvalue weighted by Crippen LogP contribution is -2.51. The second-order valence-corrected chi connectivity index (χ2v) is 8.45. The topological polar surface area (TPSA) is 77.6 Å². The highest BCUT2D eigenvalue weighted by atomic mass is 16.5. The Morgan fingerprint density at radius 3 is 2.84 bits per heavy atom. The van der Waals surface area contributed by atoms with Gasteiger partial charge in [0.15, 0.2) is 6.39 Å². The van der Waals surface area contributed by atoms with Gasteiger partial charge in [0.25, 0.3) is 11.5 Å². The molecule has 0 unspecified atom stereocenters. The smallest absolute Gasteiger partial charge is 0.291 e. The van der Waals surface area contributed by atoms with E-state index in [1.165, 1.54) is 6.39 Å². The monoisotopic (exact) mass is 419 g/mol. The summed E-state index contributed by atoms with van der Waals surface area (Å²) in [6, 6.07) is 13.4. The molecule has 7 nitrogen and oxygen atoms in total. The van der Waals surface area contributed by atoms with Crippen molar-refractivity contribution < 1.29 is 13.9 Å². The normalized spacial score (nSPS) is 22.1. The Morgan fingerprint density at radius 1 is 1.23 bits per heavy atom. The number of pyridine rings is 1. The van der Waals surface area contributed by atoms with Crippen LogP contribution in [0.4, 0.5) is 0 Å². The molecular formula is C24H25N3O4. The van der Waals surface area contributed by atoms with Crippen LogP contribution in [0.1, 0.15) is 45.9 Å². The average Bonchev–Trinajstić information content (AvgIpc) is 3.22. The minimum Gasteiger partial charge on any atom is -0.497 e. The molecule has 2 aromatic heterocycles. The molecule has 7 heteroatoms. The van der Waals surface area contributed by atoms with Crippen molar-refractivity contribution in [1.82, 2.24) is 14.5 Å². The predicted molar refractivity (Wildman–Crippen MR) is 114 cm³/mol. The summed E-state index contributed by atoms with van der Waals surface area (Å²) in [6.07, 6.45) is 2.97. The largest absolute Gasteiger partial charge is 0.497 e. The molecule has 1 aromatic carbocycles. The number of carbonyl (C=O) groups excluding carboxylic acids is 1. The van der Waals surface area contributed by atoms with E-state index in [1.807, 2.05) is 39.8 Å². The van der Waals surface area contributed by atoms with Crippen molar-refractivity contribution in [3.8, 4) is 5.75 Å². The Morgan fingerprint density at radius 2 is 2.06 bits per heavy atom. The summed E-state index contributed by atoms with van der Waals surface area (Å²) in [4.78, 5) is 32.0. The third-order valence-electron chi connectivity index (χ3n) is 6.60. The zero-order chi connectivity index (χ0) is 21.5. The lowest BCUT2D eigenvalue weighted by atomic mass is 9.76. The molecule has 2 aliphatic heterocycles. The van der Waals surface area contributed by atoms with Gasteiger partial charge in [-0.2, -0.15) is 0 Å². The van der Waals surface area contributed by atoms with Gasteiger partial charge in [-0.1, -0.05) is 18.2 Å². The minimum atomic E-state index is -0.128. The number of aromatic nitrogens is 2. The number of hydrogen-bond acceptors (Lipinski definition) is 5. The van der Waals surface area contributed by atoms with E-state index in [9.17, 15) is 9.59 Å². The van der Waals surface area contributed by atoms with E-state index in [1.54, 1.807) is 20.1 Å². The maximum absolute atomic E-state index is 13.1. The number of benzene rings is 1. The summed E-state index contributed by atoms with van der Waals surface area (Å²) in [6.45, 7) is 2.94. The van der Waals surface area contributed by atoms with Gasteiger partial charge < -0.3 is 18.6 Å². The molecule has 1 fully saturated rings. The van der Waals surface area contributed by atoms with Gasteiger partial charge in [-0.3, -0.25) is 9.59 Å². The first-order valence-electron chi connectivity index (χ1n) is 10.6. The molecule has 31 heavy (non-hydrogen) atoms. The van der Waals surface area contributed by atoms with Crippen LogP contribution in [0.2, 0.25) is 0 Å². The number of ether oxygens (including phenoxy) is 1. The summed E-state index contributed by atoms with van der Waals surface area (Å²) < 4.78 is 12.7. The van der Waals surface area contributed by atoms with Crippen LogP contribution in [0, 0.1) is 12.8 Å². The van der Waals surface area contributed by atoms with Gasteiger partial charge >= 0.3 is 0 Å². The van der Waals surface area contributed by atoms with E-state index in [0.29, 0.717) is 31.0 Å². The van der Waals surface area contributed by atoms with Gasteiger partial charge in [0.2, 0.25) is 5.76 Å². The lowest BCUT2D eigenvalue weighted by Gasteiger charge is -2.47. The van der Waals surface area contributed by atoms with Crippen LogP contribution < -0.4 is 10.3 Å². The summed E-state index contributed by atoms with van der Waals surface area (Å²) in [5.74, 6) is 1.27. The number of fused-ring (bicyclic) bond motifs is 4. The number of methoxy groups -OCH3 is 1. The first kappa shape index (κ1) is 19.6. The van der Waals surface area contributed by atoms with Crippen molar-refractivity contribution in [3.05, 3.63) is 81.9 Å². The van der Waals surface area contributed by atoms with Gasteiger partial charge in [-0.15, -0.1) is 0 Å². The average molecular weight is 419 g/mol. The molecule has 0 spiro atoms. The van der Waals surface area contributed by atoms with E-state index >= 15 is 0 Å². The molecule has 0 radical (unpaired) electrons. The van der Waals surface area contributed by atoms with Crippen LogP contribution in [0.25, 0.3) is 0 Å². The van der Waals surface area contributed by atoms with Crippen molar-refractivity contribution in [2.45, 2.75) is 31.7 Å². The number of oxazole rings is 1. The number of piperidine rings is 1. The molecule has 0 N–H and O–H groups in total. The number of rotatable bonds is 4. The Balaban J connectivity index is 1.52. The highest BCUT2D eigenvalue weighted by Gasteiger charge is 2.42. The number of nitrogens with zero attached hydrogens (tertiary/aromatic N) is 3. The van der Waals surface area contributed by atoms with Crippen LogP contribution in [0.15, 0.2) is 58.1 Å². The minimum absolute atomic E-state index is 0.0194. The molecule has 1 saturated heterocycles. The second-order valence-electron chi connectivity index (χ2n) is 8.45. The van der Waals surface area contributed by atoms with Crippen LogP contribution in [0.5, 0.6) is 5.75 Å². The number of likely N-dealkylation sites (tertiary alicyclic amines) is 1. The highest BCUT2D eigenvalue weighted by molar-refractivity contribution is 5.92. The number of hydrogen-bond donors (Lipinski definition) is 0. The quantitative estimate of drug-likeness (QED) is 0.649. The standard InChI is InChI=1S/C24H25N3O4/c1-15-23(31-14-25-15)24(29)26-12-17-11-18(13-26)21(27-20(17)7-4-8-22(27)28)10-16-5-3-6-19(9-16)30-2/h3-9,14,17-18,21H,10-13H2,1-2H3/t17-,18+,21+/m1/s1. The second kappa shape index (κ2) is 7.72. The lowest BCUT2D eigenvalue weighted by molar-refractivity contribution is 0.0499. The summed E-state index contributed by atoms with van der Waals surface area (Å²) >= 11 is 0. The molecule has 4 heterocycles. The maximum atomic E-state index is 13.1. The molecule has 2 aliphatic rings. The molecule has 2 bridgehead atoms. The van der Waals surface area contributed by atoms with Crippen LogP contribution in [-0.4, -0.2) is 40.6 Å². The number of aryl methyl sites for hydroxylation is 1. The fourth-order valence-electron chi connectivity index (χ4n) is 5.16. The Hall–Kier alpha value is -3.35. The van der Waals surface area contributed by atoms with Crippen LogP contribution >= 0.6 is 0 Å². The van der Waals surface area contributed by atoms with Gasteiger partial charge in [-0.25, -0.2) is 4.98 Å². The van der Waals surface area contributed by atoms with Gasteiger partial charge in [0, 0.05) is 36.8 Å². The van der Waals surface area contributed by atoms with E-state index in [2.05, 4.69) is 11.1 Å². The molecule has 3 aromatic rings. The van der Waals surface area contributed by atoms with Crippen LogP contribution in [-0.2, 0) is 6.42 Å². The molecule has 0 saturated carbocycles. The molecule has 5 rings (SSSR count). The van der Waals surface area contributed by atoms with E-state index in [4.69, 9.17) is 9.15 Å². The highest BCUT2D eigenvalue weighted by Crippen LogP contribution is 2.42. The van der Waals surface area contributed by atoms with Gasteiger partial charge in [0.1, 0.15) is 5.75 Å². The van der Waals surface area contributed by atoms with Crippen molar-refractivity contribution in [1.29, 1.82) is 0 Å². The van der Waals surface area contributed by atoms with E-state index < -0.39 is 0 Å². The van der Waals surface area contributed by atoms with Crippen molar-refractivity contribution >= 4 is 5.91 Å². The Bertz CT molecular complexity index is 1180.